The lowest BCUT2D eigenvalue weighted by atomic mass is 10.3. The van der Waals surface area contributed by atoms with Crippen LogP contribution in [0.5, 0.6) is 0 Å². The van der Waals surface area contributed by atoms with Crippen LogP contribution in [0, 0.1) is 0 Å². The van der Waals surface area contributed by atoms with Gasteiger partial charge in [0.25, 0.3) is 0 Å². The van der Waals surface area contributed by atoms with Gasteiger partial charge in [-0.15, -0.1) is 5.10 Å². The first-order chi connectivity index (χ1) is 8.38. The van der Waals surface area contributed by atoms with Crippen LogP contribution in [0.1, 0.15) is 18.5 Å². The highest BCUT2D eigenvalue weighted by atomic mass is 16.2. The Balaban J connectivity index is 1.73. The molecule has 1 N–H and O–H groups in total. The van der Waals surface area contributed by atoms with Crippen molar-refractivity contribution in [2.75, 3.05) is 6.61 Å². The zero-order valence-electron chi connectivity index (χ0n) is 9.74. The molecule has 0 fully saturated rings. The second-order valence-corrected chi connectivity index (χ2v) is 3.95. The molecule has 0 amide bonds. The van der Waals surface area contributed by atoms with Crippen molar-refractivity contribution in [3.8, 4) is 0 Å². The summed E-state index contributed by atoms with van der Waals surface area (Å²) in [6.45, 7) is 1.99. The normalized spacial score (nSPS) is 10.9. The van der Waals surface area contributed by atoms with Crippen molar-refractivity contribution in [3.63, 3.8) is 0 Å². The van der Waals surface area contributed by atoms with Gasteiger partial charge in [0.1, 0.15) is 0 Å². The van der Waals surface area contributed by atoms with Crippen LogP contribution in [0.25, 0.3) is 0 Å². The fraction of sp³-hybridized carbons (Fsp3) is 0.545. The minimum Gasteiger partial charge on any atom is -0.396 e. The van der Waals surface area contributed by atoms with Gasteiger partial charge in [0.2, 0.25) is 0 Å². The van der Waals surface area contributed by atoms with Gasteiger partial charge in [-0.2, -0.15) is 0 Å². The minimum atomic E-state index is 0.202. The van der Waals surface area contributed by atoms with Crippen LogP contribution in [0.4, 0.5) is 0 Å². The highest BCUT2D eigenvalue weighted by Crippen LogP contribution is 1.99. The monoisotopic (exact) mass is 235 g/mol. The summed E-state index contributed by atoms with van der Waals surface area (Å²) in [5.41, 5.74) is 0.946. The van der Waals surface area contributed by atoms with E-state index >= 15 is 0 Å². The number of imidazole rings is 1. The molecular weight excluding hydrogens is 218 g/mol. The van der Waals surface area contributed by atoms with Crippen LogP contribution in [0.2, 0.25) is 0 Å². The maximum atomic E-state index is 8.72. The summed E-state index contributed by atoms with van der Waals surface area (Å²) in [5.74, 6) is 0. The quantitative estimate of drug-likeness (QED) is 0.758. The zero-order valence-corrected chi connectivity index (χ0v) is 9.74. The van der Waals surface area contributed by atoms with E-state index in [4.69, 9.17) is 5.11 Å². The summed E-state index contributed by atoms with van der Waals surface area (Å²) in [5, 5.41) is 16.8. The Labute approximate surface area is 99.9 Å². The molecule has 2 rings (SSSR count). The van der Waals surface area contributed by atoms with Crippen LogP contribution < -0.4 is 0 Å². The van der Waals surface area contributed by atoms with Crippen LogP contribution in [0.3, 0.4) is 0 Å². The smallest absolute Gasteiger partial charge is 0.0945 e. The molecule has 0 spiro atoms. The van der Waals surface area contributed by atoms with Crippen molar-refractivity contribution in [1.29, 1.82) is 0 Å². The van der Waals surface area contributed by atoms with Crippen LogP contribution in [-0.4, -0.2) is 36.3 Å². The Kier molecular flexibility index (Phi) is 4.26. The lowest BCUT2D eigenvalue weighted by molar-refractivity contribution is 0.288. The molecule has 92 valence electrons. The van der Waals surface area contributed by atoms with Crippen molar-refractivity contribution in [3.05, 3.63) is 30.6 Å². The molecule has 0 bridgehead atoms. The van der Waals surface area contributed by atoms with Gasteiger partial charge in [-0.1, -0.05) is 5.21 Å². The molecule has 2 aromatic rings. The van der Waals surface area contributed by atoms with Crippen LogP contribution in [0.15, 0.2) is 24.9 Å². The van der Waals surface area contributed by atoms with Gasteiger partial charge in [-0.25, -0.2) is 4.98 Å². The molecule has 0 radical (unpaired) electrons. The van der Waals surface area contributed by atoms with Crippen molar-refractivity contribution >= 4 is 0 Å². The molecule has 0 aliphatic carbocycles. The van der Waals surface area contributed by atoms with E-state index in [0.29, 0.717) is 0 Å². The average Bonchev–Trinajstić information content (AvgIpc) is 2.98. The van der Waals surface area contributed by atoms with E-state index in [1.54, 1.807) is 6.20 Å². The average molecular weight is 235 g/mol. The number of nitrogens with zero attached hydrogens (tertiary/aromatic N) is 5. The maximum Gasteiger partial charge on any atom is 0.0945 e. The molecular formula is C11H17N5O. The van der Waals surface area contributed by atoms with E-state index in [1.807, 2.05) is 28.0 Å². The topological polar surface area (TPSA) is 68.8 Å². The molecule has 0 aliphatic rings. The molecule has 0 unspecified atom stereocenters. The number of aliphatic hydroxyl groups excluding tert-OH is 1. The van der Waals surface area contributed by atoms with E-state index in [1.165, 1.54) is 0 Å². The highest BCUT2D eigenvalue weighted by molar-refractivity contribution is 4.92. The maximum absolute atomic E-state index is 8.72. The van der Waals surface area contributed by atoms with Crippen LogP contribution in [-0.2, 0) is 19.5 Å². The van der Waals surface area contributed by atoms with Crippen LogP contribution >= 0.6 is 0 Å². The number of aliphatic hydroxyl groups is 1. The van der Waals surface area contributed by atoms with E-state index < -0.39 is 0 Å². The second-order valence-electron chi connectivity index (χ2n) is 3.95. The Morgan fingerprint density at radius 3 is 2.94 bits per heavy atom. The third-order valence-corrected chi connectivity index (χ3v) is 2.54. The molecule has 2 aromatic heterocycles. The van der Waals surface area contributed by atoms with Gasteiger partial charge in [-0.05, 0) is 19.3 Å². The SMILES string of the molecule is OCCCc1cn(CCCn2ccnc2)nn1. The van der Waals surface area contributed by atoms with Gasteiger partial charge < -0.3 is 9.67 Å². The standard InChI is InChI=1S/C11H17N5O/c17-8-1-3-11-9-16(14-13-11)6-2-5-15-7-4-12-10-15/h4,7,9-10,17H,1-3,5-6,8H2. The molecule has 0 aromatic carbocycles. The van der Waals surface area contributed by atoms with E-state index in [9.17, 15) is 0 Å². The number of aromatic nitrogens is 5. The molecule has 0 saturated heterocycles. The second kappa shape index (κ2) is 6.15. The molecule has 0 saturated carbocycles. The summed E-state index contributed by atoms with van der Waals surface area (Å²) in [7, 11) is 0. The Hall–Kier alpha value is -1.69. The first kappa shape index (κ1) is 11.8. The van der Waals surface area contributed by atoms with Gasteiger partial charge in [0, 0.05) is 38.3 Å². The van der Waals surface area contributed by atoms with Crippen molar-refractivity contribution < 1.29 is 5.11 Å². The third kappa shape index (κ3) is 3.67. The number of aryl methyl sites for hydroxylation is 3. The number of rotatable bonds is 7. The fourth-order valence-electron chi connectivity index (χ4n) is 1.66. The zero-order chi connectivity index (χ0) is 11.9. The summed E-state index contributed by atoms with van der Waals surface area (Å²) in [6.07, 6.45) is 10.0. The predicted molar refractivity (Wildman–Crippen MR) is 62.3 cm³/mol. The first-order valence-corrected chi connectivity index (χ1v) is 5.84. The van der Waals surface area contributed by atoms with Gasteiger partial charge >= 0.3 is 0 Å². The lowest BCUT2D eigenvalue weighted by Crippen LogP contribution is -2.03. The summed E-state index contributed by atoms with van der Waals surface area (Å²) >= 11 is 0. The largest absolute Gasteiger partial charge is 0.396 e. The molecule has 6 heteroatoms. The van der Waals surface area contributed by atoms with Crippen molar-refractivity contribution in [2.24, 2.45) is 0 Å². The highest BCUT2D eigenvalue weighted by Gasteiger charge is 2.00. The van der Waals surface area contributed by atoms with Gasteiger partial charge in [0.15, 0.2) is 0 Å². The van der Waals surface area contributed by atoms with Gasteiger partial charge in [0.05, 0.1) is 12.0 Å². The summed E-state index contributed by atoms with van der Waals surface area (Å²) in [6, 6.07) is 0. The minimum absolute atomic E-state index is 0.202. The fourth-order valence-corrected chi connectivity index (χ4v) is 1.66. The van der Waals surface area contributed by atoms with Crippen molar-refractivity contribution in [1.82, 2.24) is 24.5 Å². The van der Waals surface area contributed by atoms with Crippen molar-refractivity contribution in [2.45, 2.75) is 32.4 Å². The first-order valence-electron chi connectivity index (χ1n) is 5.84. The number of hydrogen-bond donors (Lipinski definition) is 1. The third-order valence-electron chi connectivity index (χ3n) is 2.54. The molecule has 0 aliphatic heterocycles. The number of hydrogen-bond acceptors (Lipinski definition) is 4. The Morgan fingerprint density at radius 2 is 2.18 bits per heavy atom. The lowest BCUT2D eigenvalue weighted by Gasteiger charge is -2.01. The van der Waals surface area contributed by atoms with Gasteiger partial charge in [-0.3, -0.25) is 4.68 Å². The predicted octanol–water partition coefficient (Wildman–Crippen LogP) is 0.490. The van der Waals surface area contributed by atoms with E-state index in [-0.39, 0.29) is 6.61 Å². The van der Waals surface area contributed by atoms with E-state index in [0.717, 1.165) is 38.0 Å². The molecule has 6 nitrogen and oxygen atoms in total. The summed E-state index contributed by atoms with van der Waals surface area (Å²) < 4.78 is 3.90. The Bertz CT molecular complexity index is 423. The summed E-state index contributed by atoms with van der Waals surface area (Å²) in [4.78, 5) is 3.99. The molecule has 0 atom stereocenters. The Morgan fingerprint density at radius 1 is 1.24 bits per heavy atom. The molecule has 2 heterocycles. The molecule has 17 heavy (non-hydrogen) atoms. The van der Waals surface area contributed by atoms with E-state index in [2.05, 4.69) is 15.3 Å².